The van der Waals surface area contributed by atoms with E-state index in [0.717, 1.165) is 24.0 Å². The summed E-state index contributed by atoms with van der Waals surface area (Å²) in [5.41, 5.74) is 1.80. The predicted octanol–water partition coefficient (Wildman–Crippen LogP) is 2.94. The Morgan fingerprint density at radius 2 is 2.00 bits per heavy atom. The summed E-state index contributed by atoms with van der Waals surface area (Å²) >= 11 is 0. The number of hydrogen-bond acceptors (Lipinski definition) is 3. The molecule has 1 aliphatic rings. The van der Waals surface area contributed by atoms with Gasteiger partial charge in [0.2, 0.25) is 0 Å². The molecule has 2 atom stereocenters. The van der Waals surface area contributed by atoms with E-state index in [2.05, 4.69) is 15.6 Å². The number of carbonyl (C=O) groups excluding carboxylic acids is 1. The number of ether oxygens (including phenoxy) is 1. The number of urea groups is 1. The minimum atomic E-state index is -0.300. The fourth-order valence-corrected chi connectivity index (χ4v) is 2.80. The van der Waals surface area contributed by atoms with E-state index < -0.39 is 0 Å². The summed E-state index contributed by atoms with van der Waals surface area (Å²) < 4.78 is 18.9. The van der Waals surface area contributed by atoms with Gasteiger partial charge in [0.15, 0.2) is 0 Å². The molecule has 0 spiro atoms. The van der Waals surface area contributed by atoms with Crippen molar-refractivity contribution in [3.63, 3.8) is 0 Å². The molecule has 1 aliphatic heterocycles. The summed E-state index contributed by atoms with van der Waals surface area (Å²) in [5, 5.41) is 5.78. The van der Waals surface area contributed by atoms with E-state index in [1.54, 1.807) is 24.5 Å². The Hall–Kier alpha value is -2.47. The molecule has 1 fully saturated rings. The first-order valence-corrected chi connectivity index (χ1v) is 8.03. The minimum Gasteiger partial charge on any atom is -0.376 e. The quantitative estimate of drug-likeness (QED) is 0.886. The smallest absolute Gasteiger partial charge is 0.315 e. The first kappa shape index (κ1) is 16.4. The van der Waals surface area contributed by atoms with Crippen molar-refractivity contribution in [3.8, 4) is 0 Å². The largest absolute Gasteiger partial charge is 0.376 e. The topological polar surface area (TPSA) is 63.2 Å². The van der Waals surface area contributed by atoms with Crippen LogP contribution >= 0.6 is 0 Å². The van der Waals surface area contributed by atoms with Gasteiger partial charge < -0.3 is 15.4 Å². The molecule has 1 aromatic carbocycles. The Labute approximate surface area is 140 Å². The lowest BCUT2D eigenvalue weighted by atomic mass is 9.99. The molecular weight excluding hydrogens is 309 g/mol. The summed E-state index contributed by atoms with van der Waals surface area (Å²) in [4.78, 5) is 16.2. The number of rotatable bonds is 5. The number of nitrogens with zero attached hydrogens (tertiary/aromatic N) is 1. The summed E-state index contributed by atoms with van der Waals surface area (Å²) in [7, 11) is 0. The van der Waals surface area contributed by atoms with Crippen LogP contribution in [0.4, 0.5) is 9.18 Å². The second kappa shape index (κ2) is 7.88. The van der Waals surface area contributed by atoms with E-state index in [1.807, 2.05) is 12.1 Å². The molecule has 3 rings (SSSR count). The van der Waals surface area contributed by atoms with E-state index in [1.165, 1.54) is 12.1 Å². The van der Waals surface area contributed by atoms with Crippen LogP contribution in [0, 0.1) is 5.82 Å². The number of carbonyl (C=O) groups is 1. The molecule has 1 aromatic heterocycles. The molecule has 2 aromatic rings. The monoisotopic (exact) mass is 329 g/mol. The Kier molecular flexibility index (Phi) is 5.38. The van der Waals surface area contributed by atoms with Crippen molar-refractivity contribution in [2.24, 2.45) is 0 Å². The maximum atomic E-state index is 13.2. The van der Waals surface area contributed by atoms with Crippen molar-refractivity contribution in [2.75, 3.05) is 6.61 Å². The predicted molar refractivity (Wildman–Crippen MR) is 87.7 cm³/mol. The molecule has 0 aliphatic carbocycles. The van der Waals surface area contributed by atoms with Gasteiger partial charge in [-0.1, -0.05) is 12.1 Å². The maximum absolute atomic E-state index is 13.2. The Balaban J connectivity index is 1.64. The molecule has 1 saturated heterocycles. The number of nitrogens with one attached hydrogen (secondary N) is 2. The summed E-state index contributed by atoms with van der Waals surface area (Å²) in [6.45, 7) is 1.10. The molecule has 5 nitrogen and oxygen atoms in total. The van der Waals surface area contributed by atoms with Gasteiger partial charge in [0.25, 0.3) is 0 Å². The highest BCUT2D eigenvalue weighted by Crippen LogP contribution is 2.27. The molecule has 2 N–H and O–H groups in total. The zero-order valence-corrected chi connectivity index (χ0v) is 13.2. The second-order valence-electron chi connectivity index (χ2n) is 5.76. The lowest BCUT2D eigenvalue weighted by Crippen LogP contribution is -2.42. The molecular formula is C18H20FN3O2. The highest BCUT2D eigenvalue weighted by molar-refractivity contribution is 5.74. The number of aromatic nitrogens is 1. The number of benzene rings is 1. The lowest BCUT2D eigenvalue weighted by Gasteiger charge is -2.25. The van der Waals surface area contributed by atoms with Gasteiger partial charge in [0.05, 0.1) is 12.1 Å². The molecule has 24 heavy (non-hydrogen) atoms. The van der Waals surface area contributed by atoms with Crippen LogP contribution in [0.2, 0.25) is 0 Å². The SMILES string of the molecule is O=C(NCc1ccncc1)NC(c1ccc(F)cc1)C1CCCO1. The zero-order valence-electron chi connectivity index (χ0n) is 13.2. The first-order valence-electron chi connectivity index (χ1n) is 8.03. The van der Waals surface area contributed by atoms with Crippen molar-refractivity contribution in [1.82, 2.24) is 15.6 Å². The highest BCUT2D eigenvalue weighted by atomic mass is 19.1. The number of amides is 2. The van der Waals surface area contributed by atoms with E-state index >= 15 is 0 Å². The van der Waals surface area contributed by atoms with Gasteiger partial charge in [0.1, 0.15) is 5.82 Å². The standard InChI is InChI=1S/C18H20FN3O2/c19-15-5-3-14(4-6-15)17(16-2-1-11-24-16)22-18(23)21-12-13-7-9-20-10-8-13/h3-10,16-17H,1-2,11-12H2,(H2,21,22,23). The Morgan fingerprint density at radius 3 is 2.67 bits per heavy atom. The van der Waals surface area contributed by atoms with Crippen LogP contribution in [0.15, 0.2) is 48.8 Å². The normalized spacial score (nSPS) is 18.1. The third kappa shape index (κ3) is 4.29. The Bertz CT molecular complexity index is 658. The number of halogens is 1. The number of pyridine rings is 1. The van der Waals surface area contributed by atoms with Crippen molar-refractivity contribution in [3.05, 3.63) is 65.7 Å². The van der Waals surface area contributed by atoms with Crippen molar-refractivity contribution >= 4 is 6.03 Å². The van der Waals surface area contributed by atoms with Gasteiger partial charge in [-0.25, -0.2) is 9.18 Å². The van der Waals surface area contributed by atoms with Crippen molar-refractivity contribution in [1.29, 1.82) is 0 Å². The highest BCUT2D eigenvalue weighted by Gasteiger charge is 2.28. The molecule has 6 heteroatoms. The van der Waals surface area contributed by atoms with Crippen molar-refractivity contribution in [2.45, 2.75) is 31.5 Å². The third-order valence-corrected chi connectivity index (χ3v) is 4.05. The minimum absolute atomic E-state index is 0.0952. The molecule has 126 valence electrons. The zero-order chi connectivity index (χ0) is 16.8. The van der Waals surface area contributed by atoms with E-state index in [0.29, 0.717) is 13.2 Å². The van der Waals surface area contributed by atoms with Gasteiger partial charge in [-0.05, 0) is 48.2 Å². The van der Waals surface area contributed by atoms with Gasteiger partial charge in [-0.15, -0.1) is 0 Å². The summed E-state index contributed by atoms with van der Waals surface area (Å²) in [6.07, 6.45) is 5.10. The van der Waals surface area contributed by atoms with E-state index in [9.17, 15) is 9.18 Å². The Morgan fingerprint density at radius 1 is 1.25 bits per heavy atom. The molecule has 2 unspecified atom stereocenters. The summed E-state index contributed by atoms with van der Waals surface area (Å²) in [5.74, 6) is -0.299. The fraction of sp³-hybridized carbons (Fsp3) is 0.333. The fourth-order valence-electron chi connectivity index (χ4n) is 2.80. The van der Waals surface area contributed by atoms with Crippen LogP contribution in [0.5, 0.6) is 0 Å². The second-order valence-corrected chi connectivity index (χ2v) is 5.76. The van der Waals surface area contributed by atoms with E-state index in [4.69, 9.17) is 4.74 Å². The van der Waals surface area contributed by atoms with Crippen LogP contribution < -0.4 is 10.6 Å². The van der Waals surface area contributed by atoms with Gasteiger partial charge in [0, 0.05) is 25.5 Å². The van der Waals surface area contributed by atoms with Crippen LogP contribution in [-0.4, -0.2) is 23.7 Å². The van der Waals surface area contributed by atoms with Crippen LogP contribution in [0.3, 0.4) is 0 Å². The van der Waals surface area contributed by atoms with Crippen LogP contribution in [0.1, 0.15) is 30.0 Å². The molecule has 2 amide bonds. The first-order chi connectivity index (χ1) is 11.7. The van der Waals surface area contributed by atoms with Gasteiger partial charge >= 0.3 is 6.03 Å². The lowest BCUT2D eigenvalue weighted by molar-refractivity contribution is 0.0807. The molecule has 0 radical (unpaired) electrons. The number of hydrogen-bond donors (Lipinski definition) is 2. The average Bonchev–Trinajstić information content (AvgIpc) is 3.14. The van der Waals surface area contributed by atoms with Crippen LogP contribution in [0.25, 0.3) is 0 Å². The summed E-state index contributed by atoms with van der Waals surface area (Å²) in [6, 6.07) is 9.27. The van der Waals surface area contributed by atoms with Gasteiger partial charge in [-0.2, -0.15) is 0 Å². The molecule has 0 saturated carbocycles. The van der Waals surface area contributed by atoms with Gasteiger partial charge in [-0.3, -0.25) is 4.98 Å². The molecule has 2 heterocycles. The van der Waals surface area contributed by atoms with Crippen molar-refractivity contribution < 1.29 is 13.9 Å². The van der Waals surface area contributed by atoms with Crippen LogP contribution in [-0.2, 0) is 11.3 Å². The molecule has 0 bridgehead atoms. The average molecular weight is 329 g/mol. The maximum Gasteiger partial charge on any atom is 0.315 e. The van der Waals surface area contributed by atoms with E-state index in [-0.39, 0.29) is 24.0 Å². The third-order valence-electron chi connectivity index (χ3n) is 4.05.